The summed E-state index contributed by atoms with van der Waals surface area (Å²) >= 11 is 0. The first kappa shape index (κ1) is 23.0. The largest absolute Gasteiger partial charge is 0.340 e. The monoisotopic (exact) mass is 447 g/mol. The Balaban J connectivity index is 1.67. The van der Waals surface area contributed by atoms with Crippen LogP contribution in [-0.4, -0.2) is 40.2 Å². The number of rotatable bonds is 9. The van der Waals surface area contributed by atoms with Crippen LogP contribution in [0.4, 0.5) is 4.39 Å². The molecule has 0 saturated heterocycles. The van der Waals surface area contributed by atoms with Crippen LogP contribution in [0.5, 0.6) is 0 Å². The molecule has 1 aliphatic carbocycles. The molecule has 1 saturated carbocycles. The van der Waals surface area contributed by atoms with Crippen LogP contribution in [0.2, 0.25) is 0 Å². The molecule has 0 unspecified atom stereocenters. The highest BCUT2D eigenvalue weighted by atomic mass is 19.1. The summed E-state index contributed by atoms with van der Waals surface area (Å²) in [5, 5.41) is 0.787. The second kappa shape index (κ2) is 9.77. The third kappa shape index (κ3) is 4.95. The van der Waals surface area contributed by atoms with Gasteiger partial charge in [-0.25, -0.2) is 4.39 Å². The van der Waals surface area contributed by atoms with Crippen LogP contribution >= 0.6 is 0 Å². The van der Waals surface area contributed by atoms with E-state index in [9.17, 15) is 14.0 Å². The number of aromatic nitrogens is 2. The number of carbonyl (C=O) groups is 2. The van der Waals surface area contributed by atoms with Crippen LogP contribution in [0.3, 0.4) is 0 Å². The van der Waals surface area contributed by atoms with Gasteiger partial charge < -0.3 is 4.90 Å². The second-order valence-electron chi connectivity index (χ2n) is 8.94. The number of pyridine rings is 2. The molecule has 2 aromatic heterocycles. The SMILES string of the molecule is CCCCN(C)C(=O)c1ccc(-c2cc3c(CC)c(C(=O)CC4CC4)cnc3cc2F)cn1. The zero-order valence-electron chi connectivity index (χ0n) is 19.5. The van der Waals surface area contributed by atoms with Crippen molar-refractivity contribution in [2.45, 2.75) is 52.4 Å². The van der Waals surface area contributed by atoms with Crippen molar-refractivity contribution in [2.24, 2.45) is 5.92 Å². The van der Waals surface area contributed by atoms with Crippen LogP contribution < -0.4 is 0 Å². The maximum Gasteiger partial charge on any atom is 0.272 e. The molecule has 0 radical (unpaired) electrons. The van der Waals surface area contributed by atoms with Crippen molar-refractivity contribution in [1.29, 1.82) is 0 Å². The van der Waals surface area contributed by atoms with Crippen molar-refractivity contribution in [3.63, 3.8) is 0 Å². The molecule has 1 amide bonds. The summed E-state index contributed by atoms with van der Waals surface area (Å²) in [6, 6.07) is 6.53. The molecule has 2 heterocycles. The maximum atomic E-state index is 15.0. The minimum absolute atomic E-state index is 0.117. The summed E-state index contributed by atoms with van der Waals surface area (Å²) < 4.78 is 15.0. The van der Waals surface area contributed by atoms with Crippen molar-refractivity contribution >= 4 is 22.6 Å². The average molecular weight is 448 g/mol. The number of carbonyl (C=O) groups excluding carboxylic acids is 2. The van der Waals surface area contributed by atoms with Crippen LogP contribution in [0.25, 0.3) is 22.0 Å². The van der Waals surface area contributed by atoms with Gasteiger partial charge in [-0.1, -0.05) is 26.3 Å². The fourth-order valence-corrected chi connectivity index (χ4v) is 4.18. The molecule has 172 valence electrons. The summed E-state index contributed by atoms with van der Waals surface area (Å²) in [5.41, 5.74) is 3.39. The lowest BCUT2D eigenvalue weighted by Crippen LogP contribution is -2.28. The average Bonchev–Trinajstić information content (AvgIpc) is 3.64. The molecule has 3 aromatic rings. The number of fused-ring (bicyclic) bond motifs is 1. The fourth-order valence-electron chi connectivity index (χ4n) is 4.18. The van der Waals surface area contributed by atoms with Crippen molar-refractivity contribution in [1.82, 2.24) is 14.9 Å². The maximum absolute atomic E-state index is 15.0. The lowest BCUT2D eigenvalue weighted by molar-refractivity contribution is 0.0787. The van der Waals surface area contributed by atoms with Gasteiger partial charge in [0.1, 0.15) is 11.5 Å². The van der Waals surface area contributed by atoms with E-state index in [1.165, 1.54) is 12.3 Å². The van der Waals surface area contributed by atoms with Gasteiger partial charge in [-0.2, -0.15) is 0 Å². The van der Waals surface area contributed by atoms with Crippen LogP contribution in [0.15, 0.2) is 36.7 Å². The number of hydrogen-bond acceptors (Lipinski definition) is 4. The van der Waals surface area contributed by atoms with Crippen LogP contribution in [0, 0.1) is 11.7 Å². The van der Waals surface area contributed by atoms with Gasteiger partial charge in [0, 0.05) is 60.5 Å². The summed E-state index contributed by atoms with van der Waals surface area (Å²) in [6.45, 7) is 4.75. The van der Waals surface area contributed by atoms with E-state index in [2.05, 4.69) is 16.9 Å². The van der Waals surface area contributed by atoms with E-state index in [1.54, 1.807) is 36.3 Å². The van der Waals surface area contributed by atoms with E-state index >= 15 is 0 Å². The first-order valence-electron chi connectivity index (χ1n) is 11.8. The smallest absolute Gasteiger partial charge is 0.272 e. The zero-order chi connectivity index (χ0) is 23.5. The van der Waals surface area contributed by atoms with E-state index in [4.69, 9.17) is 0 Å². The molecular weight excluding hydrogens is 417 g/mol. The standard InChI is InChI=1S/C27H30FN3O2/c1-4-6-11-31(3)27(33)24-10-9-18(15-29-24)20-13-21-19(5-2)22(26(32)12-17-7-8-17)16-30-25(21)14-23(20)28/h9-10,13-17H,4-8,11-12H2,1-3H3. The molecule has 0 spiro atoms. The third-order valence-corrected chi connectivity index (χ3v) is 6.38. The van der Waals surface area contributed by atoms with Crippen molar-refractivity contribution in [3.8, 4) is 11.1 Å². The van der Waals surface area contributed by atoms with Gasteiger partial charge in [-0.05, 0) is 49.3 Å². The summed E-state index contributed by atoms with van der Waals surface area (Å²) in [6.07, 6.45) is 8.52. The fraction of sp³-hybridized carbons (Fsp3) is 0.407. The molecule has 6 heteroatoms. The number of Topliss-reactive ketones (excluding diaryl/α,β-unsaturated/α-hetero) is 1. The lowest BCUT2D eigenvalue weighted by atomic mass is 9.94. The number of hydrogen-bond donors (Lipinski definition) is 0. The van der Waals surface area contributed by atoms with E-state index in [0.29, 0.717) is 53.2 Å². The predicted octanol–water partition coefficient (Wildman–Crippen LogP) is 5.85. The lowest BCUT2D eigenvalue weighted by Gasteiger charge is -2.16. The Labute approximate surface area is 194 Å². The van der Waals surface area contributed by atoms with Gasteiger partial charge in [-0.3, -0.25) is 19.6 Å². The van der Waals surface area contributed by atoms with Gasteiger partial charge in [0.15, 0.2) is 5.78 Å². The predicted molar refractivity (Wildman–Crippen MR) is 128 cm³/mol. The highest BCUT2D eigenvalue weighted by molar-refractivity contribution is 6.02. The van der Waals surface area contributed by atoms with Gasteiger partial charge in [-0.15, -0.1) is 0 Å². The number of unbranched alkanes of at least 4 members (excludes halogenated alkanes) is 1. The Morgan fingerprint density at radius 2 is 1.91 bits per heavy atom. The Morgan fingerprint density at radius 1 is 1.12 bits per heavy atom. The highest BCUT2D eigenvalue weighted by Gasteiger charge is 2.26. The molecule has 0 aliphatic heterocycles. The summed E-state index contributed by atoms with van der Waals surface area (Å²) in [5.74, 6) is 0.0571. The molecule has 1 aromatic carbocycles. The first-order chi connectivity index (χ1) is 15.9. The van der Waals surface area contributed by atoms with Gasteiger partial charge in [0.25, 0.3) is 5.91 Å². The number of amides is 1. The normalized spacial score (nSPS) is 13.3. The van der Waals surface area contributed by atoms with Gasteiger partial charge in [0.05, 0.1) is 5.52 Å². The number of benzene rings is 1. The topological polar surface area (TPSA) is 63.2 Å². The van der Waals surface area contributed by atoms with E-state index in [1.807, 2.05) is 6.92 Å². The molecule has 1 fully saturated rings. The molecule has 0 N–H and O–H groups in total. The minimum Gasteiger partial charge on any atom is -0.340 e. The first-order valence-corrected chi connectivity index (χ1v) is 11.8. The zero-order valence-corrected chi connectivity index (χ0v) is 19.5. The van der Waals surface area contributed by atoms with E-state index in [0.717, 1.165) is 36.6 Å². The van der Waals surface area contributed by atoms with Crippen LogP contribution in [0.1, 0.15) is 72.4 Å². The van der Waals surface area contributed by atoms with Gasteiger partial charge >= 0.3 is 0 Å². The van der Waals surface area contributed by atoms with Gasteiger partial charge in [0.2, 0.25) is 0 Å². The molecule has 1 aliphatic rings. The Kier molecular flexibility index (Phi) is 6.82. The highest BCUT2D eigenvalue weighted by Crippen LogP contribution is 2.35. The molecule has 5 nitrogen and oxygen atoms in total. The van der Waals surface area contributed by atoms with Crippen molar-refractivity contribution < 1.29 is 14.0 Å². The molecule has 4 rings (SSSR count). The second-order valence-corrected chi connectivity index (χ2v) is 8.94. The summed E-state index contributed by atoms with van der Waals surface area (Å²) in [4.78, 5) is 35.7. The van der Waals surface area contributed by atoms with Crippen LogP contribution in [-0.2, 0) is 6.42 Å². The Morgan fingerprint density at radius 3 is 2.55 bits per heavy atom. The minimum atomic E-state index is -0.407. The Bertz CT molecular complexity index is 1190. The molecule has 0 atom stereocenters. The molecular formula is C27H30FN3O2. The van der Waals surface area contributed by atoms with E-state index in [-0.39, 0.29) is 11.7 Å². The Hall–Kier alpha value is -3.15. The number of nitrogens with zero attached hydrogens (tertiary/aromatic N) is 3. The quantitative estimate of drug-likeness (QED) is 0.386. The number of ketones is 1. The van der Waals surface area contributed by atoms with E-state index < -0.39 is 5.82 Å². The van der Waals surface area contributed by atoms with Crippen molar-refractivity contribution in [2.75, 3.05) is 13.6 Å². The number of aryl methyl sites for hydroxylation is 1. The molecule has 0 bridgehead atoms. The third-order valence-electron chi connectivity index (χ3n) is 6.38. The molecule has 33 heavy (non-hydrogen) atoms. The van der Waals surface area contributed by atoms with Crippen molar-refractivity contribution in [3.05, 3.63) is 59.3 Å². The number of halogens is 1. The summed E-state index contributed by atoms with van der Waals surface area (Å²) in [7, 11) is 1.76.